The molecule has 2 aromatic rings. The lowest BCUT2D eigenvalue weighted by Gasteiger charge is -1.98. The number of nitrogens with zero attached hydrogens (tertiary/aromatic N) is 4. The Morgan fingerprint density at radius 3 is 3.00 bits per heavy atom. The average Bonchev–Trinajstić information content (AvgIpc) is 3.07. The minimum Gasteiger partial charge on any atom is -0.364 e. The highest BCUT2D eigenvalue weighted by molar-refractivity contribution is 5.91. The first-order valence-electron chi connectivity index (χ1n) is 5.41. The second-order valence-corrected chi connectivity index (χ2v) is 4.07. The molecule has 1 fully saturated rings. The minimum absolute atomic E-state index is 0.217. The molecule has 2 N–H and O–H groups in total. The zero-order chi connectivity index (χ0) is 11.8. The van der Waals surface area contributed by atoms with Crippen LogP contribution in [0.15, 0.2) is 24.7 Å². The largest absolute Gasteiger partial charge is 0.364 e. The molecule has 0 saturated heterocycles. The van der Waals surface area contributed by atoms with Crippen molar-refractivity contribution in [1.29, 1.82) is 0 Å². The summed E-state index contributed by atoms with van der Waals surface area (Å²) in [5, 5.41) is 4.25. The zero-order valence-corrected chi connectivity index (χ0v) is 9.08. The molecular weight excluding hydrogens is 218 g/mol. The number of amides is 1. The number of hydrogen-bond donors (Lipinski definition) is 1. The first kappa shape index (κ1) is 9.95. The average molecular weight is 229 g/mol. The van der Waals surface area contributed by atoms with Gasteiger partial charge in [0, 0.05) is 12.4 Å². The van der Waals surface area contributed by atoms with Gasteiger partial charge in [0.05, 0.1) is 17.8 Å². The Balaban J connectivity index is 1.96. The van der Waals surface area contributed by atoms with Gasteiger partial charge in [0.25, 0.3) is 5.91 Å². The molecule has 0 bridgehead atoms. The maximum Gasteiger partial charge on any atom is 0.267 e. The van der Waals surface area contributed by atoms with Gasteiger partial charge in [-0.3, -0.25) is 9.48 Å². The van der Waals surface area contributed by atoms with E-state index < -0.39 is 5.91 Å². The molecule has 6 nitrogen and oxygen atoms in total. The Morgan fingerprint density at radius 2 is 2.29 bits per heavy atom. The molecule has 0 radical (unpaired) electrons. The molecule has 17 heavy (non-hydrogen) atoms. The van der Waals surface area contributed by atoms with Crippen molar-refractivity contribution in [3.05, 3.63) is 30.4 Å². The lowest BCUT2D eigenvalue weighted by atomic mass is 10.3. The third-order valence-electron chi connectivity index (χ3n) is 2.69. The van der Waals surface area contributed by atoms with Crippen molar-refractivity contribution in [2.24, 2.45) is 5.73 Å². The van der Waals surface area contributed by atoms with Gasteiger partial charge in [0.15, 0.2) is 5.82 Å². The third kappa shape index (κ3) is 1.89. The second-order valence-electron chi connectivity index (χ2n) is 4.07. The molecule has 2 aromatic heterocycles. The molecule has 0 aliphatic heterocycles. The van der Waals surface area contributed by atoms with Gasteiger partial charge in [-0.05, 0) is 18.9 Å². The summed E-state index contributed by atoms with van der Waals surface area (Å²) in [6.45, 7) is 0. The van der Waals surface area contributed by atoms with Crippen LogP contribution in [0, 0.1) is 0 Å². The van der Waals surface area contributed by atoms with Crippen LogP contribution in [0.1, 0.15) is 29.4 Å². The summed E-state index contributed by atoms with van der Waals surface area (Å²) >= 11 is 0. The lowest BCUT2D eigenvalue weighted by Crippen LogP contribution is -2.13. The Bertz CT molecular complexity index is 573. The fraction of sp³-hybridized carbons (Fsp3) is 0.273. The van der Waals surface area contributed by atoms with E-state index in [1.807, 2.05) is 10.9 Å². The molecule has 0 atom stereocenters. The molecular formula is C11H11N5O. The number of carbonyl (C=O) groups is 1. The summed E-state index contributed by atoms with van der Waals surface area (Å²) in [5.74, 6) is -0.0727. The van der Waals surface area contributed by atoms with Crippen LogP contribution in [0.25, 0.3) is 11.4 Å². The van der Waals surface area contributed by atoms with Gasteiger partial charge in [-0.15, -0.1) is 0 Å². The Labute approximate surface area is 97.5 Å². The van der Waals surface area contributed by atoms with E-state index in [1.165, 1.54) is 25.1 Å². The van der Waals surface area contributed by atoms with E-state index in [9.17, 15) is 4.79 Å². The summed E-state index contributed by atoms with van der Waals surface area (Å²) in [7, 11) is 0. The van der Waals surface area contributed by atoms with Crippen molar-refractivity contribution in [3.8, 4) is 11.4 Å². The maximum atomic E-state index is 11.0. The van der Waals surface area contributed by atoms with E-state index in [0.717, 1.165) is 5.56 Å². The van der Waals surface area contributed by atoms with Crippen LogP contribution in [-0.4, -0.2) is 25.7 Å². The molecule has 86 valence electrons. The molecule has 1 amide bonds. The van der Waals surface area contributed by atoms with Gasteiger partial charge in [-0.2, -0.15) is 5.10 Å². The Kier molecular flexibility index (Phi) is 2.14. The van der Waals surface area contributed by atoms with Crippen molar-refractivity contribution >= 4 is 5.91 Å². The summed E-state index contributed by atoms with van der Waals surface area (Å²) in [6, 6.07) is 2.01. The number of carbonyl (C=O) groups excluding carboxylic acids is 1. The van der Waals surface area contributed by atoms with Crippen molar-refractivity contribution in [3.63, 3.8) is 0 Å². The normalized spacial score (nSPS) is 14.8. The van der Waals surface area contributed by atoms with E-state index in [-0.39, 0.29) is 5.69 Å². The van der Waals surface area contributed by atoms with Gasteiger partial charge in [0.2, 0.25) is 0 Å². The molecule has 1 aliphatic rings. The van der Waals surface area contributed by atoms with E-state index >= 15 is 0 Å². The molecule has 0 spiro atoms. The monoisotopic (exact) mass is 229 g/mol. The van der Waals surface area contributed by atoms with Crippen LogP contribution < -0.4 is 5.73 Å². The Morgan fingerprint density at radius 1 is 1.47 bits per heavy atom. The molecule has 0 unspecified atom stereocenters. The minimum atomic E-state index is -0.553. The second kappa shape index (κ2) is 3.65. The number of nitrogens with two attached hydrogens (primary N) is 1. The number of rotatable bonds is 3. The van der Waals surface area contributed by atoms with Crippen molar-refractivity contribution < 1.29 is 4.79 Å². The van der Waals surface area contributed by atoms with Crippen molar-refractivity contribution in [2.75, 3.05) is 0 Å². The summed E-state index contributed by atoms with van der Waals surface area (Å²) in [5.41, 5.74) is 6.20. The highest BCUT2D eigenvalue weighted by Gasteiger charge is 2.24. The van der Waals surface area contributed by atoms with Gasteiger partial charge >= 0.3 is 0 Å². The van der Waals surface area contributed by atoms with E-state index in [0.29, 0.717) is 11.9 Å². The SMILES string of the molecule is NC(=O)c1ccnc(-c2cnn(C3CC3)c2)n1. The van der Waals surface area contributed by atoms with Crippen LogP contribution >= 0.6 is 0 Å². The van der Waals surface area contributed by atoms with Crippen LogP contribution in [-0.2, 0) is 0 Å². The standard InChI is InChI=1S/C11H11N5O/c12-10(17)9-3-4-13-11(15-9)7-5-14-16(6-7)8-1-2-8/h3-6,8H,1-2H2,(H2,12,17). The number of primary amides is 1. The molecule has 3 rings (SSSR count). The van der Waals surface area contributed by atoms with Crippen molar-refractivity contribution in [2.45, 2.75) is 18.9 Å². The predicted molar refractivity (Wildman–Crippen MR) is 60.0 cm³/mol. The fourth-order valence-electron chi connectivity index (χ4n) is 1.63. The molecule has 0 aromatic carbocycles. The van der Waals surface area contributed by atoms with E-state index in [2.05, 4.69) is 15.1 Å². The first-order chi connectivity index (χ1) is 8.24. The van der Waals surface area contributed by atoms with Crippen LogP contribution in [0.5, 0.6) is 0 Å². The van der Waals surface area contributed by atoms with Gasteiger partial charge in [-0.1, -0.05) is 0 Å². The highest BCUT2D eigenvalue weighted by atomic mass is 16.1. The van der Waals surface area contributed by atoms with Crippen LogP contribution in [0.4, 0.5) is 0 Å². The summed E-state index contributed by atoms with van der Waals surface area (Å²) in [4.78, 5) is 19.2. The molecule has 2 heterocycles. The quantitative estimate of drug-likeness (QED) is 0.842. The van der Waals surface area contributed by atoms with Gasteiger partial charge in [0.1, 0.15) is 5.69 Å². The van der Waals surface area contributed by atoms with Crippen LogP contribution in [0.3, 0.4) is 0 Å². The van der Waals surface area contributed by atoms with E-state index in [1.54, 1.807) is 6.20 Å². The maximum absolute atomic E-state index is 11.0. The van der Waals surface area contributed by atoms with Crippen LogP contribution in [0.2, 0.25) is 0 Å². The third-order valence-corrected chi connectivity index (χ3v) is 2.69. The fourth-order valence-corrected chi connectivity index (χ4v) is 1.63. The first-order valence-corrected chi connectivity index (χ1v) is 5.41. The lowest BCUT2D eigenvalue weighted by molar-refractivity contribution is 0.0995. The topological polar surface area (TPSA) is 86.7 Å². The van der Waals surface area contributed by atoms with Crippen molar-refractivity contribution in [1.82, 2.24) is 19.7 Å². The Hall–Kier alpha value is -2.24. The predicted octanol–water partition coefficient (Wildman–Crippen LogP) is 0.774. The van der Waals surface area contributed by atoms with Gasteiger partial charge < -0.3 is 5.73 Å². The molecule has 6 heteroatoms. The molecule has 1 aliphatic carbocycles. The van der Waals surface area contributed by atoms with Gasteiger partial charge in [-0.25, -0.2) is 9.97 Å². The van der Waals surface area contributed by atoms with E-state index in [4.69, 9.17) is 5.73 Å². The molecule has 1 saturated carbocycles. The highest BCUT2D eigenvalue weighted by Crippen LogP contribution is 2.34. The smallest absolute Gasteiger partial charge is 0.267 e. The summed E-state index contributed by atoms with van der Waals surface area (Å²) < 4.78 is 1.91. The number of aromatic nitrogens is 4. The summed E-state index contributed by atoms with van der Waals surface area (Å²) in [6.07, 6.45) is 7.47. The number of hydrogen-bond acceptors (Lipinski definition) is 4. The zero-order valence-electron chi connectivity index (χ0n) is 9.08.